The summed E-state index contributed by atoms with van der Waals surface area (Å²) < 4.78 is 12.0. The van der Waals surface area contributed by atoms with E-state index in [0.29, 0.717) is 23.6 Å². The van der Waals surface area contributed by atoms with Crippen molar-refractivity contribution in [1.82, 2.24) is 4.90 Å². The van der Waals surface area contributed by atoms with Crippen molar-refractivity contribution in [3.05, 3.63) is 50.8 Å². The van der Waals surface area contributed by atoms with Crippen molar-refractivity contribution in [3.63, 3.8) is 0 Å². The highest BCUT2D eigenvalue weighted by Gasteiger charge is 2.19. The zero-order valence-electron chi connectivity index (χ0n) is 12.1. The van der Waals surface area contributed by atoms with Crippen molar-refractivity contribution >= 4 is 44.1 Å². The van der Waals surface area contributed by atoms with Gasteiger partial charge < -0.3 is 14.1 Å². The van der Waals surface area contributed by atoms with Gasteiger partial charge >= 0.3 is 0 Å². The van der Waals surface area contributed by atoms with Gasteiger partial charge in [0, 0.05) is 17.3 Å². The fourth-order valence-corrected chi connectivity index (χ4v) is 3.77. The lowest BCUT2D eigenvalue weighted by molar-refractivity contribution is 0.0757. The lowest BCUT2D eigenvalue weighted by Gasteiger charge is -2.14. The standard InChI is InChI=1S/C16H14BrNO3S/c1-18(9-11-6-7-14(17)22-11)16(19)13-8-10-4-3-5-12(20-2)15(10)21-13/h3-8H,9H2,1-2H3. The molecule has 0 aliphatic heterocycles. The molecular weight excluding hydrogens is 366 g/mol. The zero-order valence-corrected chi connectivity index (χ0v) is 14.5. The maximum Gasteiger partial charge on any atom is 0.289 e. The van der Waals surface area contributed by atoms with Crippen molar-refractivity contribution in [3.8, 4) is 5.75 Å². The summed E-state index contributed by atoms with van der Waals surface area (Å²) >= 11 is 5.04. The van der Waals surface area contributed by atoms with E-state index in [2.05, 4.69) is 15.9 Å². The third kappa shape index (κ3) is 2.89. The van der Waals surface area contributed by atoms with E-state index in [1.54, 1.807) is 36.5 Å². The Balaban J connectivity index is 1.85. The molecule has 6 heteroatoms. The average Bonchev–Trinajstić information content (AvgIpc) is 3.11. The van der Waals surface area contributed by atoms with Crippen LogP contribution in [0.25, 0.3) is 11.0 Å². The summed E-state index contributed by atoms with van der Waals surface area (Å²) in [7, 11) is 3.35. The van der Waals surface area contributed by atoms with Crippen LogP contribution >= 0.6 is 27.3 Å². The van der Waals surface area contributed by atoms with Crippen LogP contribution in [0.2, 0.25) is 0 Å². The maximum atomic E-state index is 12.5. The van der Waals surface area contributed by atoms with Gasteiger partial charge in [0.25, 0.3) is 5.91 Å². The summed E-state index contributed by atoms with van der Waals surface area (Å²) in [6.45, 7) is 0.545. The summed E-state index contributed by atoms with van der Waals surface area (Å²) in [4.78, 5) is 15.3. The van der Waals surface area contributed by atoms with E-state index >= 15 is 0 Å². The first-order valence-electron chi connectivity index (χ1n) is 6.64. The second-order valence-electron chi connectivity index (χ2n) is 4.86. The van der Waals surface area contributed by atoms with E-state index in [-0.39, 0.29) is 5.91 Å². The highest BCUT2D eigenvalue weighted by molar-refractivity contribution is 9.11. The van der Waals surface area contributed by atoms with E-state index in [4.69, 9.17) is 9.15 Å². The quantitative estimate of drug-likeness (QED) is 0.668. The number of furan rings is 1. The van der Waals surface area contributed by atoms with Crippen LogP contribution in [0.5, 0.6) is 5.75 Å². The summed E-state index contributed by atoms with van der Waals surface area (Å²) in [5.74, 6) is 0.793. The van der Waals surface area contributed by atoms with Crippen LogP contribution in [0, 0.1) is 0 Å². The van der Waals surface area contributed by atoms with E-state index < -0.39 is 0 Å². The fraction of sp³-hybridized carbons (Fsp3) is 0.188. The molecule has 114 valence electrons. The highest BCUT2D eigenvalue weighted by atomic mass is 79.9. The van der Waals surface area contributed by atoms with Gasteiger partial charge in [-0.05, 0) is 40.2 Å². The summed E-state index contributed by atoms with van der Waals surface area (Å²) in [5, 5.41) is 0.856. The van der Waals surface area contributed by atoms with Crippen molar-refractivity contribution in [1.29, 1.82) is 0 Å². The van der Waals surface area contributed by atoms with Gasteiger partial charge in [0.15, 0.2) is 17.1 Å². The second kappa shape index (κ2) is 6.14. The molecule has 3 aromatic rings. The number of para-hydroxylation sites is 1. The van der Waals surface area contributed by atoms with Gasteiger partial charge in [-0.1, -0.05) is 12.1 Å². The molecule has 0 saturated heterocycles. The number of rotatable bonds is 4. The van der Waals surface area contributed by atoms with Crippen LogP contribution in [0.3, 0.4) is 0 Å². The minimum atomic E-state index is -0.150. The number of benzene rings is 1. The molecule has 0 N–H and O–H groups in total. The molecule has 0 atom stereocenters. The van der Waals surface area contributed by atoms with Crippen LogP contribution in [-0.2, 0) is 6.54 Å². The normalized spacial score (nSPS) is 10.9. The van der Waals surface area contributed by atoms with Gasteiger partial charge in [0.2, 0.25) is 0 Å². The predicted octanol–water partition coefficient (Wildman–Crippen LogP) is 4.54. The Morgan fingerprint density at radius 3 is 2.86 bits per heavy atom. The van der Waals surface area contributed by atoms with E-state index in [0.717, 1.165) is 14.0 Å². The molecule has 3 rings (SSSR count). The topological polar surface area (TPSA) is 42.7 Å². The molecule has 4 nitrogen and oxygen atoms in total. The maximum absolute atomic E-state index is 12.5. The Bertz CT molecular complexity index is 824. The Labute approximate surface area is 140 Å². The largest absolute Gasteiger partial charge is 0.493 e. The van der Waals surface area contributed by atoms with E-state index in [1.165, 1.54) is 0 Å². The molecule has 0 saturated carbocycles. The predicted molar refractivity (Wildman–Crippen MR) is 90.6 cm³/mol. The summed E-state index contributed by atoms with van der Waals surface area (Å²) in [6, 6.07) is 11.3. The molecule has 0 aliphatic carbocycles. The lowest BCUT2D eigenvalue weighted by Crippen LogP contribution is -2.25. The van der Waals surface area contributed by atoms with Gasteiger partial charge in [-0.2, -0.15) is 0 Å². The van der Waals surface area contributed by atoms with Crippen molar-refractivity contribution < 1.29 is 13.9 Å². The van der Waals surface area contributed by atoms with Crippen molar-refractivity contribution in [2.75, 3.05) is 14.2 Å². The average molecular weight is 380 g/mol. The molecule has 1 amide bonds. The van der Waals surface area contributed by atoms with Crippen LogP contribution in [0.15, 0.2) is 44.6 Å². The SMILES string of the molecule is COc1cccc2cc(C(=O)N(C)Cc3ccc(Br)s3)oc12. The number of methoxy groups -OCH3 is 1. The third-order valence-corrected chi connectivity index (χ3v) is 4.92. The monoisotopic (exact) mass is 379 g/mol. The molecule has 0 radical (unpaired) electrons. The van der Waals surface area contributed by atoms with Gasteiger partial charge in [0.1, 0.15) is 0 Å². The molecule has 0 bridgehead atoms. The Morgan fingerprint density at radius 2 is 2.18 bits per heavy atom. The molecule has 2 heterocycles. The number of nitrogens with zero attached hydrogens (tertiary/aromatic N) is 1. The Morgan fingerprint density at radius 1 is 1.36 bits per heavy atom. The molecule has 0 spiro atoms. The summed E-state index contributed by atoms with van der Waals surface area (Å²) in [6.07, 6.45) is 0. The van der Waals surface area contributed by atoms with Gasteiger partial charge in [-0.3, -0.25) is 4.79 Å². The third-order valence-electron chi connectivity index (χ3n) is 3.31. The first-order valence-corrected chi connectivity index (χ1v) is 8.25. The molecule has 22 heavy (non-hydrogen) atoms. The molecule has 0 aliphatic rings. The number of ether oxygens (including phenoxy) is 1. The fourth-order valence-electron chi connectivity index (χ4n) is 2.23. The number of carbonyl (C=O) groups excluding carboxylic acids is 1. The van der Waals surface area contributed by atoms with Crippen LogP contribution in [0.4, 0.5) is 0 Å². The number of halogens is 1. The number of hydrogen-bond donors (Lipinski definition) is 0. The Kier molecular flexibility index (Phi) is 4.22. The molecule has 0 unspecified atom stereocenters. The first-order chi connectivity index (χ1) is 10.6. The van der Waals surface area contributed by atoms with Gasteiger partial charge in [-0.25, -0.2) is 0 Å². The van der Waals surface area contributed by atoms with Crippen LogP contribution in [0.1, 0.15) is 15.4 Å². The minimum absolute atomic E-state index is 0.150. The minimum Gasteiger partial charge on any atom is -0.493 e. The lowest BCUT2D eigenvalue weighted by atomic mass is 10.2. The smallest absolute Gasteiger partial charge is 0.289 e. The summed E-state index contributed by atoms with van der Waals surface area (Å²) in [5.41, 5.74) is 0.598. The number of thiophene rings is 1. The van der Waals surface area contributed by atoms with Crippen molar-refractivity contribution in [2.24, 2.45) is 0 Å². The number of hydrogen-bond acceptors (Lipinski definition) is 4. The highest BCUT2D eigenvalue weighted by Crippen LogP contribution is 2.29. The number of carbonyl (C=O) groups is 1. The number of fused-ring (bicyclic) bond motifs is 1. The van der Waals surface area contributed by atoms with Gasteiger partial charge in [0.05, 0.1) is 17.4 Å². The van der Waals surface area contributed by atoms with E-state index in [9.17, 15) is 4.79 Å². The van der Waals surface area contributed by atoms with E-state index in [1.807, 2.05) is 30.3 Å². The van der Waals surface area contributed by atoms with Crippen molar-refractivity contribution in [2.45, 2.75) is 6.54 Å². The molecule has 1 aromatic carbocycles. The molecular formula is C16H14BrNO3S. The molecule has 0 fully saturated rings. The van der Waals surface area contributed by atoms with Crippen LogP contribution < -0.4 is 4.74 Å². The second-order valence-corrected chi connectivity index (χ2v) is 7.40. The molecule has 2 aromatic heterocycles. The zero-order chi connectivity index (χ0) is 15.7. The van der Waals surface area contributed by atoms with Crippen LogP contribution in [-0.4, -0.2) is 25.0 Å². The Hall–Kier alpha value is -1.79. The van der Waals surface area contributed by atoms with Gasteiger partial charge in [-0.15, -0.1) is 11.3 Å². The first kappa shape index (κ1) is 15.1. The number of amides is 1.